The standard InChI is InChI=1S/C60H39NO/c1-3-14-43(15-4-1)59-54-21-10-9-19-51(54)52-35-29-47(38-56(52)60(59)44-16-5-2-6-17-44)42-27-32-49(33-28-42)61(50-34-36-58-55(39-50)53-20-11-12-22-57(53)62-58)48-30-25-41(26-31-48)46-24-23-40-13-7-8-18-45(40)37-46/h1-39H. The van der Waals surface area contributed by atoms with E-state index in [1.165, 1.54) is 71.3 Å². The maximum absolute atomic E-state index is 6.26. The molecule has 0 amide bonds. The van der Waals surface area contributed by atoms with Crippen LogP contribution in [0.4, 0.5) is 17.1 Å². The first-order chi connectivity index (χ1) is 30.7. The van der Waals surface area contributed by atoms with Crippen LogP contribution in [0.3, 0.4) is 0 Å². The van der Waals surface area contributed by atoms with Crippen molar-refractivity contribution in [2.45, 2.75) is 0 Å². The van der Waals surface area contributed by atoms with Crippen LogP contribution in [0.2, 0.25) is 0 Å². The van der Waals surface area contributed by atoms with Crippen LogP contribution in [-0.2, 0) is 0 Å². The van der Waals surface area contributed by atoms with Crippen molar-refractivity contribution in [2.24, 2.45) is 0 Å². The quantitative estimate of drug-likeness (QED) is 0.150. The lowest BCUT2D eigenvalue weighted by Gasteiger charge is -2.26. The summed E-state index contributed by atoms with van der Waals surface area (Å²) in [6, 6.07) is 85.5. The van der Waals surface area contributed by atoms with Gasteiger partial charge in [-0.15, -0.1) is 0 Å². The molecular weight excluding hydrogens is 751 g/mol. The second kappa shape index (κ2) is 14.8. The molecule has 0 fully saturated rings. The summed E-state index contributed by atoms with van der Waals surface area (Å²) in [6.45, 7) is 0. The molecule has 0 spiro atoms. The number of hydrogen-bond donors (Lipinski definition) is 0. The zero-order valence-corrected chi connectivity index (χ0v) is 33.9. The van der Waals surface area contributed by atoms with Crippen LogP contribution in [0.15, 0.2) is 241 Å². The maximum Gasteiger partial charge on any atom is 0.135 e. The molecule has 0 unspecified atom stereocenters. The topological polar surface area (TPSA) is 16.4 Å². The van der Waals surface area contributed by atoms with Crippen molar-refractivity contribution in [3.05, 3.63) is 237 Å². The molecule has 2 heteroatoms. The lowest BCUT2D eigenvalue weighted by molar-refractivity contribution is 0.669. The molecule has 0 aliphatic carbocycles. The molecule has 0 N–H and O–H groups in total. The molecule has 0 atom stereocenters. The minimum absolute atomic E-state index is 0.881. The molecule has 0 radical (unpaired) electrons. The van der Waals surface area contributed by atoms with Crippen LogP contribution >= 0.6 is 0 Å². The van der Waals surface area contributed by atoms with Crippen molar-refractivity contribution in [3.8, 4) is 44.5 Å². The van der Waals surface area contributed by atoms with Crippen LogP contribution < -0.4 is 4.90 Å². The number of rotatable bonds is 7. The molecule has 12 rings (SSSR count). The molecule has 0 aliphatic rings. The molecule has 290 valence electrons. The minimum Gasteiger partial charge on any atom is -0.456 e. The largest absolute Gasteiger partial charge is 0.456 e. The number of fused-ring (bicyclic) bond motifs is 7. The van der Waals surface area contributed by atoms with Gasteiger partial charge in [-0.1, -0.05) is 176 Å². The van der Waals surface area contributed by atoms with E-state index in [0.29, 0.717) is 0 Å². The molecule has 0 saturated carbocycles. The Kier molecular flexibility index (Phi) is 8.53. The van der Waals surface area contributed by atoms with E-state index in [4.69, 9.17) is 4.42 Å². The zero-order valence-electron chi connectivity index (χ0n) is 33.9. The Balaban J connectivity index is 0.991. The zero-order chi connectivity index (χ0) is 41.0. The number of furan rings is 1. The van der Waals surface area contributed by atoms with Gasteiger partial charge in [0.2, 0.25) is 0 Å². The fourth-order valence-electron chi connectivity index (χ4n) is 9.46. The lowest BCUT2D eigenvalue weighted by atomic mass is 9.84. The Hall–Kier alpha value is -8.20. The van der Waals surface area contributed by atoms with Crippen molar-refractivity contribution >= 4 is 71.3 Å². The van der Waals surface area contributed by atoms with Gasteiger partial charge in [-0.3, -0.25) is 0 Å². The molecule has 1 aromatic heterocycles. The van der Waals surface area contributed by atoms with E-state index in [1.807, 2.05) is 12.1 Å². The van der Waals surface area contributed by atoms with Crippen LogP contribution in [0.25, 0.3) is 98.8 Å². The number of anilines is 3. The van der Waals surface area contributed by atoms with Gasteiger partial charge in [-0.2, -0.15) is 0 Å². The Morgan fingerprint density at radius 1 is 0.242 bits per heavy atom. The highest BCUT2D eigenvalue weighted by Crippen LogP contribution is 2.46. The van der Waals surface area contributed by atoms with Crippen molar-refractivity contribution in [3.63, 3.8) is 0 Å². The summed E-state index contributed by atoms with van der Waals surface area (Å²) >= 11 is 0. The van der Waals surface area contributed by atoms with Crippen molar-refractivity contribution in [1.82, 2.24) is 0 Å². The molecule has 0 saturated heterocycles. The van der Waals surface area contributed by atoms with Crippen LogP contribution in [0.5, 0.6) is 0 Å². The first-order valence-electron chi connectivity index (χ1n) is 21.2. The molecule has 62 heavy (non-hydrogen) atoms. The lowest BCUT2D eigenvalue weighted by Crippen LogP contribution is -2.09. The monoisotopic (exact) mass is 789 g/mol. The number of para-hydroxylation sites is 1. The first-order valence-corrected chi connectivity index (χ1v) is 21.2. The van der Waals surface area contributed by atoms with Gasteiger partial charge in [-0.25, -0.2) is 0 Å². The third-order valence-electron chi connectivity index (χ3n) is 12.4. The highest BCUT2D eigenvalue weighted by molar-refractivity contribution is 6.22. The summed E-state index contributed by atoms with van der Waals surface area (Å²) in [5.74, 6) is 0. The molecule has 11 aromatic carbocycles. The molecular formula is C60H39NO. The predicted molar refractivity (Wildman–Crippen MR) is 263 cm³/mol. The summed E-state index contributed by atoms with van der Waals surface area (Å²) in [5.41, 5.74) is 14.6. The molecule has 0 bridgehead atoms. The molecule has 1 heterocycles. The van der Waals surface area contributed by atoms with Crippen molar-refractivity contribution in [1.29, 1.82) is 0 Å². The van der Waals surface area contributed by atoms with Crippen molar-refractivity contribution < 1.29 is 4.42 Å². The SMILES string of the molecule is c1ccc(-c2c(-c3ccccc3)c3cc(-c4ccc(N(c5ccc(-c6ccc7ccccc7c6)cc5)c5ccc6oc7ccccc7c6c5)cc4)ccc3c3ccccc23)cc1. The van der Waals surface area contributed by atoms with E-state index < -0.39 is 0 Å². The van der Waals surface area contributed by atoms with Gasteiger partial charge >= 0.3 is 0 Å². The summed E-state index contributed by atoms with van der Waals surface area (Å²) in [7, 11) is 0. The summed E-state index contributed by atoms with van der Waals surface area (Å²) in [4.78, 5) is 2.35. The van der Waals surface area contributed by atoms with Gasteiger partial charge in [0, 0.05) is 27.8 Å². The smallest absolute Gasteiger partial charge is 0.135 e. The average Bonchev–Trinajstić information content (AvgIpc) is 3.72. The van der Waals surface area contributed by atoms with Gasteiger partial charge in [0.1, 0.15) is 11.2 Å². The van der Waals surface area contributed by atoms with E-state index in [2.05, 4.69) is 229 Å². The maximum atomic E-state index is 6.26. The van der Waals surface area contributed by atoms with Gasteiger partial charge in [0.25, 0.3) is 0 Å². The Bertz CT molecular complexity index is 3610. The second-order valence-corrected chi connectivity index (χ2v) is 16.1. The van der Waals surface area contributed by atoms with Gasteiger partial charge in [-0.05, 0) is 137 Å². The summed E-state index contributed by atoms with van der Waals surface area (Å²) < 4.78 is 6.26. The Morgan fingerprint density at radius 3 is 1.42 bits per heavy atom. The van der Waals surface area contributed by atoms with Crippen LogP contribution in [-0.4, -0.2) is 0 Å². The first kappa shape index (κ1) is 35.7. The number of hydrogen-bond acceptors (Lipinski definition) is 2. The third-order valence-corrected chi connectivity index (χ3v) is 12.4. The third kappa shape index (κ3) is 6.12. The van der Waals surface area contributed by atoms with Gasteiger partial charge in [0.15, 0.2) is 0 Å². The molecule has 12 aromatic rings. The fourth-order valence-corrected chi connectivity index (χ4v) is 9.46. The highest BCUT2D eigenvalue weighted by Gasteiger charge is 2.20. The predicted octanol–water partition coefficient (Wildman–Crippen LogP) is 17.2. The average molecular weight is 790 g/mol. The van der Waals surface area contributed by atoms with Crippen LogP contribution in [0.1, 0.15) is 0 Å². The van der Waals surface area contributed by atoms with E-state index in [1.54, 1.807) is 0 Å². The highest BCUT2D eigenvalue weighted by atomic mass is 16.3. The number of benzene rings is 11. The second-order valence-electron chi connectivity index (χ2n) is 16.1. The Labute approximate surface area is 360 Å². The van der Waals surface area contributed by atoms with E-state index >= 15 is 0 Å². The minimum atomic E-state index is 0.881. The van der Waals surface area contributed by atoms with Gasteiger partial charge in [0.05, 0.1) is 0 Å². The number of nitrogens with zero attached hydrogens (tertiary/aromatic N) is 1. The van der Waals surface area contributed by atoms with Crippen molar-refractivity contribution in [2.75, 3.05) is 4.90 Å². The summed E-state index contributed by atoms with van der Waals surface area (Å²) in [6.07, 6.45) is 0. The summed E-state index contributed by atoms with van der Waals surface area (Å²) in [5, 5.41) is 9.70. The van der Waals surface area contributed by atoms with E-state index in [-0.39, 0.29) is 0 Å². The molecule has 2 nitrogen and oxygen atoms in total. The van der Waals surface area contributed by atoms with Gasteiger partial charge < -0.3 is 9.32 Å². The normalized spacial score (nSPS) is 11.5. The van der Waals surface area contributed by atoms with Crippen LogP contribution in [0, 0.1) is 0 Å². The Morgan fingerprint density at radius 2 is 0.726 bits per heavy atom. The van der Waals surface area contributed by atoms with E-state index in [9.17, 15) is 0 Å². The molecule has 0 aliphatic heterocycles. The fraction of sp³-hybridized carbons (Fsp3) is 0. The van der Waals surface area contributed by atoms with E-state index in [0.717, 1.165) is 44.6 Å².